The molecule has 5 heteroatoms. The molecule has 0 radical (unpaired) electrons. The van der Waals surface area contributed by atoms with Crippen LogP contribution in [0.25, 0.3) is 0 Å². The Hall–Kier alpha value is -1.28. The second-order valence-electron chi connectivity index (χ2n) is 3.65. The van der Waals surface area contributed by atoms with E-state index in [1.807, 2.05) is 0 Å². The lowest BCUT2D eigenvalue weighted by molar-refractivity contribution is 0.205. The van der Waals surface area contributed by atoms with Crippen molar-refractivity contribution in [2.45, 2.75) is 13.3 Å². The molecular weight excluding hydrogens is 192 g/mol. The average Bonchev–Trinajstić information content (AvgIpc) is 2.61. The molecule has 0 bridgehead atoms. The van der Waals surface area contributed by atoms with Gasteiger partial charge >= 0.3 is 6.03 Å². The van der Waals surface area contributed by atoms with Crippen LogP contribution in [-0.4, -0.2) is 55.1 Å². The molecule has 0 aromatic rings. The monoisotopic (exact) mass is 210 g/mol. The number of nitrogens with zero attached hydrogens (tertiary/aromatic N) is 3. The van der Waals surface area contributed by atoms with E-state index in [1.165, 1.54) is 0 Å². The van der Waals surface area contributed by atoms with Crippen molar-refractivity contribution in [3.05, 3.63) is 0 Å². The summed E-state index contributed by atoms with van der Waals surface area (Å²) in [6.07, 6.45) is 1.04. The minimum Gasteiger partial charge on any atom is -0.336 e. The van der Waals surface area contributed by atoms with Crippen molar-refractivity contribution in [3.63, 3.8) is 0 Å². The molecule has 1 fully saturated rings. The summed E-state index contributed by atoms with van der Waals surface area (Å²) >= 11 is 0. The van der Waals surface area contributed by atoms with Crippen molar-refractivity contribution in [1.29, 1.82) is 5.26 Å². The van der Waals surface area contributed by atoms with Gasteiger partial charge in [0.05, 0.1) is 12.6 Å². The van der Waals surface area contributed by atoms with Crippen LogP contribution >= 0.6 is 0 Å². The first-order valence-electron chi connectivity index (χ1n) is 5.40. The standard InChI is InChI=1S/C10H18N4O/c1-2-5-13(6-3-11)8-9-14-7-4-12-10(14)15/h2,4-9H2,1H3,(H,12,15). The van der Waals surface area contributed by atoms with Crippen LogP contribution in [0.4, 0.5) is 4.79 Å². The van der Waals surface area contributed by atoms with Crippen LogP contribution in [0.2, 0.25) is 0 Å². The molecule has 15 heavy (non-hydrogen) atoms. The van der Waals surface area contributed by atoms with Gasteiger partial charge in [0.1, 0.15) is 0 Å². The van der Waals surface area contributed by atoms with Crippen LogP contribution in [0.3, 0.4) is 0 Å². The van der Waals surface area contributed by atoms with E-state index in [2.05, 4.69) is 23.2 Å². The van der Waals surface area contributed by atoms with Gasteiger partial charge in [-0.05, 0) is 13.0 Å². The van der Waals surface area contributed by atoms with E-state index < -0.39 is 0 Å². The molecule has 0 aromatic heterocycles. The van der Waals surface area contributed by atoms with E-state index in [0.29, 0.717) is 13.1 Å². The largest absolute Gasteiger partial charge is 0.336 e. The molecule has 1 aliphatic rings. The van der Waals surface area contributed by atoms with E-state index >= 15 is 0 Å². The van der Waals surface area contributed by atoms with Crippen molar-refractivity contribution in [1.82, 2.24) is 15.1 Å². The van der Waals surface area contributed by atoms with Crippen molar-refractivity contribution >= 4 is 6.03 Å². The maximum absolute atomic E-state index is 11.2. The van der Waals surface area contributed by atoms with Gasteiger partial charge in [0.25, 0.3) is 0 Å². The summed E-state index contributed by atoms with van der Waals surface area (Å²) in [7, 11) is 0. The molecule has 1 saturated heterocycles. The number of hydrogen-bond acceptors (Lipinski definition) is 3. The van der Waals surface area contributed by atoms with Gasteiger partial charge < -0.3 is 10.2 Å². The Morgan fingerprint density at radius 2 is 2.40 bits per heavy atom. The molecule has 5 nitrogen and oxygen atoms in total. The number of carbonyl (C=O) groups is 1. The maximum atomic E-state index is 11.2. The Morgan fingerprint density at radius 3 is 2.93 bits per heavy atom. The fourth-order valence-electron chi connectivity index (χ4n) is 1.67. The summed E-state index contributed by atoms with van der Waals surface area (Å²) in [5.74, 6) is 0. The number of carbonyl (C=O) groups excluding carboxylic acids is 1. The molecular formula is C10H18N4O. The molecule has 0 saturated carbocycles. The summed E-state index contributed by atoms with van der Waals surface area (Å²) in [5, 5.41) is 11.4. The fraction of sp³-hybridized carbons (Fsp3) is 0.800. The van der Waals surface area contributed by atoms with Gasteiger partial charge in [0.15, 0.2) is 0 Å². The van der Waals surface area contributed by atoms with Crippen molar-refractivity contribution < 1.29 is 4.79 Å². The number of amides is 2. The smallest absolute Gasteiger partial charge is 0.317 e. The van der Waals surface area contributed by atoms with Crippen LogP contribution in [-0.2, 0) is 0 Å². The minimum absolute atomic E-state index is 0.0170. The zero-order chi connectivity index (χ0) is 11.1. The zero-order valence-electron chi connectivity index (χ0n) is 9.20. The lowest BCUT2D eigenvalue weighted by atomic mass is 10.4. The van der Waals surface area contributed by atoms with E-state index in [1.54, 1.807) is 4.90 Å². The fourth-order valence-corrected chi connectivity index (χ4v) is 1.67. The second-order valence-corrected chi connectivity index (χ2v) is 3.65. The Labute approximate surface area is 90.6 Å². The Bertz CT molecular complexity index is 248. The first-order valence-corrected chi connectivity index (χ1v) is 5.40. The highest BCUT2D eigenvalue weighted by Crippen LogP contribution is 1.98. The Morgan fingerprint density at radius 1 is 1.60 bits per heavy atom. The first kappa shape index (κ1) is 11.8. The zero-order valence-corrected chi connectivity index (χ0v) is 9.20. The molecule has 1 N–H and O–H groups in total. The molecule has 1 aliphatic heterocycles. The highest BCUT2D eigenvalue weighted by molar-refractivity contribution is 5.76. The van der Waals surface area contributed by atoms with Gasteiger partial charge in [-0.2, -0.15) is 5.26 Å². The molecule has 0 atom stereocenters. The lowest BCUT2D eigenvalue weighted by Crippen LogP contribution is -2.37. The number of nitrogens with one attached hydrogen (secondary N) is 1. The van der Waals surface area contributed by atoms with Crippen molar-refractivity contribution in [3.8, 4) is 6.07 Å². The third-order valence-corrected chi connectivity index (χ3v) is 2.47. The first-order chi connectivity index (χ1) is 7.27. The van der Waals surface area contributed by atoms with Gasteiger partial charge in [-0.25, -0.2) is 4.79 Å². The lowest BCUT2D eigenvalue weighted by Gasteiger charge is -2.21. The highest BCUT2D eigenvalue weighted by Gasteiger charge is 2.19. The van der Waals surface area contributed by atoms with Crippen molar-refractivity contribution in [2.75, 3.05) is 39.3 Å². The van der Waals surface area contributed by atoms with E-state index in [0.717, 1.165) is 32.6 Å². The summed E-state index contributed by atoms with van der Waals surface area (Å²) in [6.45, 7) is 6.48. The van der Waals surface area contributed by atoms with Crippen LogP contribution in [0, 0.1) is 11.3 Å². The van der Waals surface area contributed by atoms with Crippen molar-refractivity contribution in [2.24, 2.45) is 0 Å². The van der Waals surface area contributed by atoms with Gasteiger partial charge in [-0.1, -0.05) is 6.92 Å². The van der Waals surface area contributed by atoms with E-state index in [-0.39, 0.29) is 6.03 Å². The molecule has 0 unspecified atom stereocenters. The summed E-state index contributed by atoms with van der Waals surface area (Å²) < 4.78 is 0. The highest BCUT2D eigenvalue weighted by atomic mass is 16.2. The van der Waals surface area contributed by atoms with Crippen LogP contribution in [0.15, 0.2) is 0 Å². The molecule has 2 amide bonds. The van der Waals surface area contributed by atoms with Crippen LogP contribution in [0.1, 0.15) is 13.3 Å². The topological polar surface area (TPSA) is 59.4 Å². The summed E-state index contributed by atoms with van der Waals surface area (Å²) in [5.41, 5.74) is 0. The third-order valence-electron chi connectivity index (χ3n) is 2.47. The molecule has 0 spiro atoms. The Kier molecular flexibility index (Phi) is 4.91. The van der Waals surface area contributed by atoms with Gasteiger partial charge in [-0.15, -0.1) is 0 Å². The van der Waals surface area contributed by atoms with E-state index in [4.69, 9.17) is 5.26 Å². The van der Waals surface area contributed by atoms with Gasteiger partial charge in [0, 0.05) is 26.2 Å². The number of hydrogen-bond donors (Lipinski definition) is 1. The van der Waals surface area contributed by atoms with Gasteiger partial charge in [0.2, 0.25) is 0 Å². The second kappa shape index (κ2) is 6.25. The summed E-state index contributed by atoms with van der Waals surface area (Å²) in [4.78, 5) is 15.1. The molecule has 84 valence electrons. The normalized spacial score (nSPS) is 15.5. The van der Waals surface area contributed by atoms with Crippen LogP contribution < -0.4 is 5.32 Å². The predicted octanol–water partition coefficient (Wildman–Crippen LogP) is 0.247. The summed E-state index contributed by atoms with van der Waals surface area (Å²) in [6, 6.07) is 2.16. The molecule has 0 aromatic carbocycles. The van der Waals surface area contributed by atoms with E-state index in [9.17, 15) is 4.79 Å². The maximum Gasteiger partial charge on any atom is 0.317 e. The minimum atomic E-state index is 0.0170. The SMILES string of the molecule is CCCN(CC#N)CCN1CCNC1=O. The predicted molar refractivity (Wildman–Crippen MR) is 57.3 cm³/mol. The quantitative estimate of drug-likeness (QED) is 0.639. The third kappa shape index (κ3) is 3.76. The molecule has 0 aliphatic carbocycles. The molecule has 1 rings (SSSR count). The number of nitriles is 1. The van der Waals surface area contributed by atoms with Gasteiger partial charge in [-0.3, -0.25) is 4.90 Å². The number of rotatable bonds is 6. The average molecular weight is 210 g/mol. The number of urea groups is 1. The Balaban J connectivity index is 2.26. The molecule has 1 heterocycles. The van der Waals surface area contributed by atoms with Crippen LogP contribution in [0.5, 0.6) is 0 Å².